The first-order chi connectivity index (χ1) is 13.2. The lowest BCUT2D eigenvalue weighted by Gasteiger charge is -2.18. The van der Waals surface area contributed by atoms with Crippen LogP contribution < -0.4 is 15.4 Å². The van der Waals surface area contributed by atoms with Crippen molar-refractivity contribution in [3.05, 3.63) is 59.4 Å². The number of fused-ring (bicyclic) bond motifs is 2. The van der Waals surface area contributed by atoms with Crippen molar-refractivity contribution in [2.75, 3.05) is 25.5 Å². The highest BCUT2D eigenvalue weighted by Gasteiger charge is 2.15. The summed E-state index contributed by atoms with van der Waals surface area (Å²) >= 11 is 0. The summed E-state index contributed by atoms with van der Waals surface area (Å²) in [6.45, 7) is 1.36. The van der Waals surface area contributed by atoms with Crippen LogP contribution in [0.2, 0.25) is 0 Å². The number of aromatic nitrogens is 2. The maximum atomic E-state index is 12.5. The number of rotatable bonds is 4. The number of carbonyl (C=O) groups excluding carboxylic acids is 1. The number of amides is 1. The molecule has 2 N–H and O–H groups in total. The van der Waals surface area contributed by atoms with Gasteiger partial charge in [0.05, 0.1) is 6.54 Å². The number of nitrogens with one attached hydrogen (secondary N) is 2. The molecule has 1 aliphatic heterocycles. The number of pyridine rings is 1. The number of benzene rings is 1. The van der Waals surface area contributed by atoms with Crippen molar-refractivity contribution < 1.29 is 9.53 Å². The van der Waals surface area contributed by atoms with Crippen molar-refractivity contribution in [2.24, 2.45) is 7.05 Å². The summed E-state index contributed by atoms with van der Waals surface area (Å²) in [5, 5.41) is 7.11. The third kappa shape index (κ3) is 3.38. The van der Waals surface area contributed by atoms with Gasteiger partial charge >= 0.3 is 0 Å². The Hall–Kier alpha value is -3.28. The van der Waals surface area contributed by atoms with Crippen LogP contribution in [0.4, 0.5) is 5.82 Å². The van der Waals surface area contributed by atoms with Gasteiger partial charge in [-0.25, -0.2) is 4.98 Å². The van der Waals surface area contributed by atoms with Crippen LogP contribution in [0.15, 0.2) is 48.2 Å². The summed E-state index contributed by atoms with van der Waals surface area (Å²) in [6.07, 6.45) is 4.16. The molecule has 1 aromatic carbocycles. The van der Waals surface area contributed by atoms with E-state index in [0.29, 0.717) is 18.6 Å². The third-order valence-corrected chi connectivity index (χ3v) is 4.81. The molecule has 2 aromatic heterocycles. The fourth-order valence-electron chi connectivity index (χ4n) is 3.38. The number of para-hydroxylation sites is 1. The number of nitrogens with zero attached hydrogens (tertiary/aromatic N) is 2. The minimum Gasteiger partial charge on any atom is -0.488 e. The van der Waals surface area contributed by atoms with Crippen molar-refractivity contribution in [1.29, 1.82) is 0 Å². The minimum absolute atomic E-state index is 0.1000. The molecule has 6 nitrogen and oxygen atoms in total. The second kappa shape index (κ2) is 7.15. The van der Waals surface area contributed by atoms with Crippen molar-refractivity contribution in [2.45, 2.75) is 6.42 Å². The van der Waals surface area contributed by atoms with E-state index < -0.39 is 0 Å². The summed E-state index contributed by atoms with van der Waals surface area (Å²) in [4.78, 5) is 16.9. The number of anilines is 1. The molecule has 0 fully saturated rings. The van der Waals surface area contributed by atoms with Gasteiger partial charge in [-0.1, -0.05) is 18.2 Å². The molecule has 0 bridgehead atoms. The Morgan fingerprint density at radius 3 is 3.04 bits per heavy atom. The standard InChI is InChI=1S/C21H22N4O2/c1-22-21(26)16(9-14-10-19-20(24-13-14)23-7-8-27-19)12-17-11-15-5-3-4-6-18(15)25(17)2/h3-6,9-11,13H,7-8,12H2,1-2H3,(H,22,26)(H,23,24)/b16-9+. The topological polar surface area (TPSA) is 68.2 Å². The van der Waals surface area contributed by atoms with Gasteiger partial charge in [0.1, 0.15) is 6.61 Å². The molecule has 0 saturated carbocycles. The molecule has 4 rings (SSSR count). The minimum atomic E-state index is -0.1000. The lowest BCUT2D eigenvalue weighted by molar-refractivity contribution is -0.117. The average molecular weight is 362 g/mol. The summed E-state index contributed by atoms with van der Waals surface area (Å²) < 4.78 is 7.78. The zero-order valence-corrected chi connectivity index (χ0v) is 15.5. The first kappa shape index (κ1) is 17.1. The highest BCUT2D eigenvalue weighted by atomic mass is 16.5. The van der Waals surface area contributed by atoms with Crippen molar-refractivity contribution >= 4 is 28.7 Å². The maximum Gasteiger partial charge on any atom is 0.247 e. The summed E-state index contributed by atoms with van der Waals surface area (Å²) in [6, 6.07) is 12.3. The van der Waals surface area contributed by atoms with E-state index in [9.17, 15) is 4.79 Å². The third-order valence-electron chi connectivity index (χ3n) is 4.81. The zero-order valence-electron chi connectivity index (χ0n) is 15.5. The van der Waals surface area contributed by atoms with E-state index in [1.807, 2.05) is 31.3 Å². The van der Waals surface area contributed by atoms with Crippen LogP contribution in [-0.4, -0.2) is 35.7 Å². The van der Waals surface area contributed by atoms with E-state index in [-0.39, 0.29) is 5.91 Å². The van der Waals surface area contributed by atoms with Crippen molar-refractivity contribution in [3.8, 4) is 5.75 Å². The Kier molecular flexibility index (Phi) is 4.54. The van der Waals surface area contributed by atoms with Crippen LogP contribution in [0.3, 0.4) is 0 Å². The number of carbonyl (C=O) groups is 1. The predicted molar refractivity (Wildman–Crippen MR) is 107 cm³/mol. The molecule has 0 aliphatic carbocycles. The summed E-state index contributed by atoms with van der Waals surface area (Å²) in [5.74, 6) is 1.36. The van der Waals surface area contributed by atoms with E-state index in [4.69, 9.17) is 4.74 Å². The van der Waals surface area contributed by atoms with E-state index in [1.165, 1.54) is 5.39 Å². The molecule has 0 unspecified atom stereocenters. The Morgan fingerprint density at radius 1 is 1.37 bits per heavy atom. The van der Waals surface area contributed by atoms with Gasteiger partial charge in [-0.3, -0.25) is 4.79 Å². The van der Waals surface area contributed by atoms with E-state index >= 15 is 0 Å². The van der Waals surface area contributed by atoms with Gasteiger partial charge in [-0.15, -0.1) is 0 Å². The van der Waals surface area contributed by atoms with E-state index in [0.717, 1.165) is 34.9 Å². The fraction of sp³-hybridized carbons (Fsp3) is 0.238. The molecule has 3 aromatic rings. The predicted octanol–water partition coefficient (Wildman–Crippen LogP) is 2.75. The molecule has 6 heteroatoms. The van der Waals surface area contributed by atoms with Gasteiger partial charge in [0.2, 0.25) is 5.91 Å². The smallest absolute Gasteiger partial charge is 0.247 e. The highest BCUT2D eigenvalue weighted by Crippen LogP contribution is 2.27. The first-order valence-corrected chi connectivity index (χ1v) is 8.98. The van der Waals surface area contributed by atoms with Crippen LogP contribution in [0.5, 0.6) is 5.75 Å². The molecule has 3 heterocycles. The van der Waals surface area contributed by atoms with Crippen LogP contribution in [0.1, 0.15) is 11.3 Å². The maximum absolute atomic E-state index is 12.5. The van der Waals surface area contributed by atoms with Crippen LogP contribution in [0.25, 0.3) is 17.0 Å². The highest BCUT2D eigenvalue weighted by molar-refractivity contribution is 5.98. The molecule has 27 heavy (non-hydrogen) atoms. The Bertz CT molecular complexity index is 1040. The number of likely N-dealkylation sites (N-methyl/N-ethyl adjacent to an activating group) is 1. The fourth-order valence-corrected chi connectivity index (χ4v) is 3.38. The molecule has 1 amide bonds. The summed E-state index contributed by atoms with van der Waals surface area (Å²) in [7, 11) is 3.68. The number of aryl methyl sites for hydroxylation is 1. The molecule has 1 aliphatic rings. The molecule has 0 spiro atoms. The number of ether oxygens (including phenoxy) is 1. The lowest BCUT2D eigenvalue weighted by atomic mass is 10.1. The normalized spacial score (nSPS) is 13.6. The number of hydrogen-bond donors (Lipinski definition) is 2. The number of hydrogen-bond acceptors (Lipinski definition) is 4. The molecular formula is C21H22N4O2. The van der Waals surface area contributed by atoms with Gasteiger partial charge in [0.25, 0.3) is 0 Å². The summed E-state index contributed by atoms with van der Waals surface area (Å²) in [5.41, 5.74) is 3.75. The van der Waals surface area contributed by atoms with Gasteiger partial charge in [0, 0.05) is 43.5 Å². The molecule has 0 radical (unpaired) electrons. The van der Waals surface area contributed by atoms with Crippen LogP contribution >= 0.6 is 0 Å². The largest absolute Gasteiger partial charge is 0.488 e. The second-order valence-corrected chi connectivity index (χ2v) is 6.57. The monoisotopic (exact) mass is 362 g/mol. The molecule has 0 atom stereocenters. The molecule has 138 valence electrons. The van der Waals surface area contributed by atoms with Crippen LogP contribution in [0, 0.1) is 0 Å². The van der Waals surface area contributed by atoms with Gasteiger partial charge in [-0.2, -0.15) is 0 Å². The Balaban J connectivity index is 1.69. The van der Waals surface area contributed by atoms with E-state index in [1.54, 1.807) is 13.2 Å². The first-order valence-electron chi connectivity index (χ1n) is 8.98. The molecule has 0 saturated heterocycles. The lowest BCUT2D eigenvalue weighted by Crippen LogP contribution is -2.22. The molecular weight excluding hydrogens is 340 g/mol. The average Bonchev–Trinajstić information content (AvgIpc) is 3.02. The zero-order chi connectivity index (χ0) is 18.8. The van der Waals surface area contributed by atoms with Crippen LogP contribution in [-0.2, 0) is 18.3 Å². The SMILES string of the molecule is CNC(=O)/C(=C/c1cnc2c(c1)OCCN2)Cc1cc2ccccc2n1C. The van der Waals surface area contributed by atoms with E-state index in [2.05, 4.69) is 38.4 Å². The Morgan fingerprint density at radius 2 is 2.22 bits per heavy atom. The van der Waals surface area contributed by atoms with Gasteiger partial charge in [0.15, 0.2) is 11.6 Å². The van der Waals surface area contributed by atoms with Gasteiger partial charge < -0.3 is 19.9 Å². The van der Waals surface area contributed by atoms with Crippen molar-refractivity contribution in [3.63, 3.8) is 0 Å². The van der Waals surface area contributed by atoms with Gasteiger partial charge in [-0.05, 0) is 35.2 Å². The Labute approximate surface area is 157 Å². The second-order valence-electron chi connectivity index (χ2n) is 6.57. The quantitative estimate of drug-likeness (QED) is 0.701. The van der Waals surface area contributed by atoms with Crippen molar-refractivity contribution in [1.82, 2.24) is 14.9 Å².